The predicted molar refractivity (Wildman–Crippen MR) is 303 cm³/mol. The Morgan fingerprint density at radius 1 is 0.671 bits per heavy atom. The molecule has 0 aliphatic carbocycles. The maximum atomic E-state index is 14.6. The molecule has 1 saturated heterocycles. The fourth-order valence-electron chi connectivity index (χ4n) is 9.14. The maximum absolute atomic E-state index is 14.6. The number of carbonyl (C=O) groups excluding carboxylic acids is 10. The number of hydrogen-bond acceptors (Lipinski definition) is 17. The van der Waals surface area contributed by atoms with E-state index in [0.29, 0.717) is 22.9 Å². The van der Waals surface area contributed by atoms with Crippen LogP contribution in [-0.4, -0.2) is 205 Å². The second kappa shape index (κ2) is 33.7. The van der Waals surface area contributed by atoms with Gasteiger partial charge >= 0.3 is 11.9 Å². The fraction of sp³-hybridized carbons (Fsp3) is 0.604. The van der Waals surface area contributed by atoms with Crippen molar-refractivity contribution in [3.8, 4) is 0 Å². The van der Waals surface area contributed by atoms with Gasteiger partial charge in [0.15, 0.2) is 12.0 Å². The molecule has 3 rings (SSSR count). The van der Waals surface area contributed by atoms with Crippen molar-refractivity contribution in [1.29, 1.82) is 0 Å². The van der Waals surface area contributed by atoms with Crippen LogP contribution in [0.5, 0.6) is 0 Å². The van der Waals surface area contributed by atoms with E-state index in [9.17, 15) is 83.1 Å². The number of carboxylic acid groups (broad SMARTS) is 2. The lowest BCUT2D eigenvalue weighted by Crippen LogP contribution is -2.62. The van der Waals surface area contributed by atoms with Crippen LogP contribution >= 0.6 is 0 Å². The van der Waals surface area contributed by atoms with Crippen molar-refractivity contribution in [3.05, 3.63) is 36.0 Å². The van der Waals surface area contributed by atoms with E-state index in [2.05, 4.69) is 47.2 Å². The molecule has 1 aliphatic heterocycles. The standard InChI is InChI=1S/C53H83N15O17/c1-24(2)19-34(46(78)61-33(15-16-39(73)74)44(76)60-32(13-9-17-58-53(56)57)45(77)66-41(26(5)70)50(82)67-42(27(6)71)52(84)85)62-48(80)36(21-38(55)72)63-47(79)35(20-28-22-59-31-12-8-7-11-29(28)31)64-49(81)37-14-10-18-68(37)51(83)40(25(3)4)65-43(75)30(54)23-69/h7-8,11-12,22,24-27,30,32-37,40-42,59,69-71H,9-10,13-21,23,54H2,1-6H3,(H2,55,72)(H,60,76)(H,61,78)(H,62,80)(H,63,79)(H,64,81)(H,65,75)(H,66,77)(H,67,82)(H,73,74)(H,84,85)(H4,56,57,58)/t26-,27-,30+,32+,33+,34+,35+,36+,37+,40+,41+,42+/m1/s1. The molecule has 0 unspecified atom stereocenters. The zero-order valence-corrected chi connectivity index (χ0v) is 48.3. The largest absolute Gasteiger partial charge is 0.481 e. The van der Waals surface area contributed by atoms with Gasteiger partial charge in [-0.15, -0.1) is 0 Å². The number of aromatic amines is 1. The van der Waals surface area contributed by atoms with Gasteiger partial charge in [0.1, 0.15) is 54.4 Å². The van der Waals surface area contributed by atoms with E-state index in [1.807, 2.05) is 5.32 Å². The third-order valence-corrected chi connectivity index (χ3v) is 13.7. The van der Waals surface area contributed by atoms with Crippen molar-refractivity contribution in [3.63, 3.8) is 0 Å². The molecule has 10 amide bonds. The first kappa shape index (κ1) is 70.8. The molecule has 2 aromatic rings. The number of aliphatic carboxylic acids is 2. The Morgan fingerprint density at radius 2 is 1.21 bits per heavy atom. The number of nitrogens with zero attached hydrogens (tertiary/aromatic N) is 2. The van der Waals surface area contributed by atoms with Crippen LogP contribution in [-0.2, 0) is 64.0 Å². The van der Waals surface area contributed by atoms with Crippen LogP contribution in [0.1, 0.15) is 98.5 Å². The number of benzene rings is 1. The SMILES string of the molecule is CC(C)C[C@H](NC(=O)[C@H](CC(N)=O)NC(=O)[C@H](Cc1c[nH]c2ccccc12)NC(=O)[C@@H]1CCCN1C(=O)[C@@H](NC(=O)[C@@H](N)CO)C(C)C)C(=O)N[C@@H](CCC(=O)O)C(=O)N[C@@H](CCCN=C(N)N)C(=O)N[C@H](C(=O)N[C@H](C(=O)O)[C@@H](C)O)[C@@H](C)O. The summed E-state index contributed by atoms with van der Waals surface area (Å²) in [7, 11) is 0. The van der Waals surface area contributed by atoms with Gasteiger partial charge in [0.25, 0.3) is 0 Å². The molecule has 472 valence electrons. The monoisotopic (exact) mass is 1200 g/mol. The average Bonchev–Trinajstić information content (AvgIpc) is 4.15. The number of rotatable bonds is 35. The van der Waals surface area contributed by atoms with Gasteiger partial charge in [0, 0.05) is 43.0 Å². The molecule has 12 atom stereocenters. The molecule has 1 aliphatic rings. The molecule has 85 heavy (non-hydrogen) atoms. The van der Waals surface area contributed by atoms with E-state index in [1.165, 1.54) is 4.90 Å². The minimum absolute atomic E-state index is 0.0246. The van der Waals surface area contributed by atoms with Crippen LogP contribution in [0.25, 0.3) is 10.9 Å². The minimum atomic E-state index is -1.87. The number of aromatic nitrogens is 1. The quantitative estimate of drug-likeness (QED) is 0.0174. The summed E-state index contributed by atoms with van der Waals surface area (Å²) in [6, 6.07) is -8.73. The first-order valence-corrected chi connectivity index (χ1v) is 27.7. The molecule has 1 aromatic heterocycles. The molecular formula is C53H83N15O17. The number of carboxylic acids is 2. The molecule has 32 nitrogen and oxygen atoms in total. The number of hydrogen-bond donors (Lipinski definition) is 18. The molecule has 0 spiro atoms. The lowest BCUT2D eigenvalue weighted by atomic mass is 10.00. The van der Waals surface area contributed by atoms with Gasteiger partial charge < -0.3 is 101 Å². The Morgan fingerprint density at radius 3 is 1.78 bits per heavy atom. The zero-order chi connectivity index (χ0) is 64.0. The molecule has 2 heterocycles. The number of H-pyrrole nitrogens is 1. The lowest BCUT2D eigenvalue weighted by molar-refractivity contribution is -0.146. The topological polar surface area (TPSA) is 538 Å². The number of para-hydroxylation sites is 1. The number of likely N-dealkylation sites (tertiary alicyclic amines) is 1. The Balaban J connectivity index is 1.97. The summed E-state index contributed by atoms with van der Waals surface area (Å²) >= 11 is 0. The number of amides is 10. The molecule has 0 bridgehead atoms. The van der Waals surface area contributed by atoms with E-state index in [4.69, 9.17) is 22.9 Å². The smallest absolute Gasteiger partial charge is 0.328 e. The fourth-order valence-corrected chi connectivity index (χ4v) is 9.14. The van der Waals surface area contributed by atoms with Gasteiger partial charge in [-0.05, 0) is 75.8 Å². The number of aliphatic imine (C=N–C) groups is 1. The van der Waals surface area contributed by atoms with E-state index in [0.717, 1.165) is 13.8 Å². The number of aliphatic hydroxyl groups excluding tert-OH is 3. The summed E-state index contributed by atoms with van der Waals surface area (Å²) < 4.78 is 0. The summed E-state index contributed by atoms with van der Waals surface area (Å²) in [5.41, 5.74) is 23.3. The van der Waals surface area contributed by atoms with Crippen molar-refractivity contribution < 1.29 is 83.1 Å². The molecular weight excluding hydrogens is 1120 g/mol. The zero-order valence-electron chi connectivity index (χ0n) is 48.3. The Hall–Kier alpha value is -8.49. The summed E-state index contributed by atoms with van der Waals surface area (Å²) in [6.45, 7) is 8.08. The first-order valence-electron chi connectivity index (χ1n) is 27.7. The van der Waals surface area contributed by atoms with Gasteiger partial charge in [0.05, 0.1) is 25.2 Å². The number of aliphatic hydroxyl groups is 3. The Labute approximate surface area is 489 Å². The highest BCUT2D eigenvalue weighted by atomic mass is 16.4. The summed E-state index contributed by atoms with van der Waals surface area (Å²) in [6.07, 6.45) is -4.15. The Kier molecular flexibility index (Phi) is 28.1. The highest BCUT2D eigenvalue weighted by molar-refractivity contribution is 6.00. The Bertz CT molecular complexity index is 2730. The number of guanidine groups is 1. The number of nitrogens with one attached hydrogen (secondary N) is 9. The lowest BCUT2D eigenvalue weighted by Gasteiger charge is -2.32. The van der Waals surface area contributed by atoms with Gasteiger partial charge in [-0.3, -0.25) is 57.7 Å². The highest BCUT2D eigenvalue weighted by Crippen LogP contribution is 2.23. The summed E-state index contributed by atoms with van der Waals surface area (Å²) in [5.74, 6) is -14.4. The molecule has 0 radical (unpaired) electrons. The van der Waals surface area contributed by atoms with Crippen molar-refractivity contribution in [2.45, 2.75) is 172 Å². The van der Waals surface area contributed by atoms with Crippen molar-refractivity contribution in [2.75, 3.05) is 19.7 Å². The van der Waals surface area contributed by atoms with E-state index < -0.39 is 181 Å². The second-order valence-electron chi connectivity index (χ2n) is 21.6. The van der Waals surface area contributed by atoms with Crippen molar-refractivity contribution in [1.82, 2.24) is 52.4 Å². The number of fused-ring (bicyclic) bond motifs is 1. The number of primary amides is 1. The molecule has 32 heteroatoms. The van der Waals surface area contributed by atoms with E-state index in [1.54, 1.807) is 58.2 Å². The van der Waals surface area contributed by atoms with Crippen LogP contribution in [0.2, 0.25) is 0 Å². The molecule has 0 saturated carbocycles. The van der Waals surface area contributed by atoms with Gasteiger partial charge in [-0.1, -0.05) is 45.9 Å². The van der Waals surface area contributed by atoms with Gasteiger partial charge in [0.2, 0.25) is 59.1 Å². The molecule has 1 aromatic carbocycles. The predicted octanol–water partition coefficient (Wildman–Crippen LogP) is -5.76. The van der Waals surface area contributed by atoms with Crippen molar-refractivity contribution >= 4 is 87.9 Å². The minimum Gasteiger partial charge on any atom is -0.481 e. The third kappa shape index (κ3) is 22.2. The first-order chi connectivity index (χ1) is 39.9. The summed E-state index contributed by atoms with van der Waals surface area (Å²) in [5, 5.41) is 68.8. The van der Waals surface area contributed by atoms with Crippen LogP contribution in [0.15, 0.2) is 35.5 Å². The number of carbonyl (C=O) groups is 12. The van der Waals surface area contributed by atoms with E-state index in [-0.39, 0.29) is 51.2 Å². The molecule has 1 fully saturated rings. The van der Waals surface area contributed by atoms with Gasteiger partial charge in [-0.2, -0.15) is 0 Å². The normalized spacial score (nSPS) is 17.0. The van der Waals surface area contributed by atoms with Crippen LogP contribution in [0.4, 0.5) is 0 Å². The average molecular weight is 1200 g/mol. The molecule has 22 N–H and O–H groups in total. The summed E-state index contributed by atoms with van der Waals surface area (Å²) in [4.78, 5) is 170. The highest BCUT2D eigenvalue weighted by Gasteiger charge is 2.42. The number of nitrogens with two attached hydrogens (primary N) is 4. The maximum Gasteiger partial charge on any atom is 0.328 e. The van der Waals surface area contributed by atoms with E-state index >= 15 is 0 Å². The van der Waals surface area contributed by atoms with Crippen LogP contribution < -0.4 is 65.5 Å². The van der Waals surface area contributed by atoms with Gasteiger partial charge in [-0.25, -0.2) is 4.79 Å². The van der Waals surface area contributed by atoms with Crippen molar-refractivity contribution in [2.24, 2.45) is 39.8 Å². The van der Waals surface area contributed by atoms with Crippen LogP contribution in [0.3, 0.4) is 0 Å². The second-order valence-corrected chi connectivity index (χ2v) is 21.6. The van der Waals surface area contributed by atoms with Crippen LogP contribution in [0, 0.1) is 11.8 Å². The third-order valence-electron chi connectivity index (χ3n) is 13.7.